The predicted octanol–water partition coefficient (Wildman–Crippen LogP) is -0.253. The Morgan fingerprint density at radius 1 is 1.26 bits per heavy atom. The Morgan fingerprint density at radius 3 is 2.52 bits per heavy atom. The molecule has 2 rings (SSSR count). The number of carbonyl (C=O) groups excluding carboxylic acids is 2. The third kappa shape index (κ3) is 5.11. The molecule has 1 aliphatic rings. The van der Waals surface area contributed by atoms with E-state index in [1.807, 2.05) is 0 Å². The largest absolute Gasteiger partial charge is 0.497 e. The number of amides is 2. The molecule has 1 aromatic rings. The van der Waals surface area contributed by atoms with E-state index in [4.69, 9.17) is 14.2 Å². The van der Waals surface area contributed by atoms with Crippen LogP contribution in [0.2, 0.25) is 0 Å². The van der Waals surface area contributed by atoms with Gasteiger partial charge in [-0.3, -0.25) is 9.59 Å². The molecule has 1 heterocycles. The lowest BCUT2D eigenvalue weighted by atomic mass is 10.2. The second-order valence-electron chi connectivity index (χ2n) is 4.93. The Bertz CT molecular complexity index is 536. The standard InChI is InChI=1S/C15H21N3O5/c1-21-11-5-10(6-12(7-11)22-2)18-14(19)9-17-15(20)13-8-16-3-4-23-13/h5-7,13,16H,3-4,8-9H2,1-2H3,(H,17,20)(H,18,19). The molecule has 0 bridgehead atoms. The number of morpholine rings is 1. The summed E-state index contributed by atoms with van der Waals surface area (Å²) in [6, 6.07) is 5.03. The van der Waals surface area contributed by atoms with Crippen LogP contribution in [0.1, 0.15) is 0 Å². The summed E-state index contributed by atoms with van der Waals surface area (Å²) in [5.41, 5.74) is 0.524. The summed E-state index contributed by atoms with van der Waals surface area (Å²) in [6.07, 6.45) is -0.562. The maximum absolute atomic E-state index is 11.9. The highest BCUT2D eigenvalue weighted by Crippen LogP contribution is 2.25. The molecular formula is C15H21N3O5. The molecule has 0 aliphatic carbocycles. The van der Waals surface area contributed by atoms with Gasteiger partial charge in [0, 0.05) is 37.0 Å². The molecule has 8 nitrogen and oxygen atoms in total. The van der Waals surface area contributed by atoms with Crippen LogP contribution in [0, 0.1) is 0 Å². The molecule has 1 saturated heterocycles. The Hall–Kier alpha value is -2.32. The van der Waals surface area contributed by atoms with Crippen molar-refractivity contribution in [2.75, 3.05) is 45.8 Å². The van der Waals surface area contributed by atoms with Crippen LogP contribution in [0.4, 0.5) is 5.69 Å². The minimum atomic E-state index is -0.562. The van der Waals surface area contributed by atoms with E-state index in [1.165, 1.54) is 14.2 Å². The normalized spacial score (nSPS) is 17.2. The van der Waals surface area contributed by atoms with Crippen LogP contribution in [0.15, 0.2) is 18.2 Å². The van der Waals surface area contributed by atoms with Crippen LogP contribution in [0.5, 0.6) is 11.5 Å². The number of ether oxygens (including phenoxy) is 3. The summed E-state index contributed by atoms with van der Waals surface area (Å²) in [5.74, 6) is 0.462. The van der Waals surface area contributed by atoms with Crippen molar-refractivity contribution in [3.63, 3.8) is 0 Å². The highest BCUT2D eigenvalue weighted by atomic mass is 16.5. The number of methoxy groups -OCH3 is 2. The first kappa shape index (κ1) is 17.0. The quantitative estimate of drug-likeness (QED) is 0.668. The van der Waals surface area contributed by atoms with Gasteiger partial charge in [0.2, 0.25) is 5.91 Å². The van der Waals surface area contributed by atoms with E-state index in [-0.39, 0.29) is 18.4 Å². The van der Waals surface area contributed by atoms with Crippen molar-refractivity contribution in [1.29, 1.82) is 0 Å². The first-order valence-electron chi connectivity index (χ1n) is 7.25. The number of hydrogen-bond donors (Lipinski definition) is 3. The van der Waals surface area contributed by atoms with Gasteiger partial charge in [-0.2, -0.15) is 0 Å². The van der Waals surface area contributed by atoms with Crippen LogP contribution in [-0.2, 0) is 14.3 Å². The average molecular weight is 323 g/mol. The first-order valence-corrected chi connectivity index (χ1v) is 7.25. The van der Waals surface area contributed by atoms with E-state index < -0.39 is 6.10 Å². The number of rotatable bonds is 6. The van der Waals surface area contributed by atoms with Gasteiger partial charge in [0.05, 0.1) is 27.4 Å². The van der Waals surface area contributed by atoms with Crippen LogP contribution in [0.3, 0.4) is 0 Å². The van der Waals surface area contributed by atoms with Crippen molar-refractivity contribution in [3.8, 4) is 11.5 Å². The summed E-state index contributed by atoms with van der Waals surface area (Å²) >= 11 is 0. The Labute approximate surface area is 134 Å². The minimum Gasteiger partial charge on any atom is -0.497 e. The summed E-state index contributed by atoms with van der Waals surface area (Å²) in [5, 5.41) is 8.29. The zero-order valence-corrected chi connectivity index (χ0v) is 13.2. The van der Waals surface area contributed by atoms with E-state index in [9.17, 15) is 9.59 Å². The maximum atomic E-state index is 11.9. The Kier molecular flexibility index (Phi) is 6.19. The van der Waals surface area contributed by atoms with Crippen LogP contribution in [-0.4, -0.2) is 58.4 Å². The number of benzene rings is 1. The van der Waals surface area contributed by atoms with Gasteiger partial charge in [0.25, 0.3) is 5.91 Å². The molecule has 1 unspecified atom stereocenters. The summed E-state index contributed by atoms with van der Waals surface area (Å²) in [4.78, 5) is 23.8. The van der Waals surface area contributed by atoms with E-state index in [2.05, 4.69) is 16.0 Å². The SMILES string of the molecule is COc1cc(NC(=O)CNC(=O)C2CNCCO2)cc(OC)c1. The van der Waals surface area contributed by atoms with Gasteiger partial charge in [-0.25, -0.2) is 0 Å². The van der Waals surface area contributed by atoms with Gasteiger partial charge in [-0.15, -0.1) is 0 Å². The van der Waals surface area contributed by atoms with Crippen molar-refractivity contribution in [2.45, 2.75) is 6.10 Å². The molecule has 0 saturated carbocycles. The van der Waals surface area contributed by atoms with Crippen LogP contribution in [0.25, 0.3) is 0 Å². The molecule has 2 amide bonds. The zero-order chi connectivity index (χ0) is 16.7. The van der Waals surface area contributed by atoms with Gasteiger partial charge in [0.15, 0.2) is 0 Å². The molecule has 1 atom stereocenters. The third-order valence-electron chi connectivity index (χ3n) is 3.28. The molecule has 0 spiro atoms. The van der Waals surface area contributed by atoms with E-state index in [0.717, 1.165) is 6.54 Å². The van der Waals surface area contributed by atoms with Crippen LogP contribution < -0.4 is 25.4 Å². The third-order valence-corrected chi connectivity index (χ3v) is 3.28. The maximum Gasteiger partial charge on any atom is 0.250 e. The molecule has 126 valence electrons. The van der Waals surface area contributed by atoms with Crippen molar-refractivity contribution in [1.82, 2.24) is 10.6 Å². The fourth-order valence-corrected chi connectivity index (χ4v) is 2.10. The zero-order valence-electron chi connectivity index (χ0n) is 13.2. The molecular weight excluding hydrogens is 302 g/mol. The molecule has 0 radical (unpaired) electrons. The minimum absolute atomic E-state index is 0.141. The lowest BCUT2D eigenvalue weighted by Gasteiger charge is -2.22. The fourth-order valence-electron chi connectivity index (χ4n) is 2.10. The van der Waals surface area contributed by atoms with Crippen LogP contribution >= 0.6 is 0 Å². The molecule has 1 aliphatic heterocycles. The smallest absolute Gasteiger partial charge is 0.250 e. The van der Waals surface area contributed by atoms with Crippen molar-refractivity contribution in [3.05, 3.63) is 18.2 Å². The van der Waals surface area contributed by atoms with Crippen molar-refractivity contribution in [2.24, 2.45) is 0 Å². The molecule has 1 fully saturated rings. The van der Waals surface area contributed by atoms with Crippen molar-refractivity contribution >= 4 is 17.5 Å². The summed E-state index contributed by atoms with van der Waals surface area (Å²) in [6.45, 7) is 1.51. The topological polar surface area (TPSA) is 97.9 Å². The predicted molar refractivity (Wildman–Crippen MR) is 83.8 cm³/mol. The fraction of sp³-hybridized carbons (Fsp3) is 0.467. The Morgan fingerprint density at radius 2 is 1.96 bits per heavy atom. The summed E-state index contributed by atoms with van der Waals surface area (Å²) in [7, 11) is 3.05. The molecule has 0 aromatic heterocycles. The average Bonchev–Trinajstić information content (AvgIpc) is 2.60. The molecule has 8 heteroatoms. The summed E-state index contributed by atoms with van der Waals surface area (Å²) < 4.78 is 15.6. The number of carbonyl (C=O) groups is 2. The van der Waals surface area contributed by atoms with Gasteiger partial charge in [-0.1, -0.05) is 0 Å². The first-order chi connectivity index (χ1) is 11.1. The highest BCUT2D eigenvalue weighted by molar-refractivity contribution is 5.95. The second-order valence-corrected chi connectivity index (χ2v) is 4.93. The molecule has 23 heavy (non-hydrogen) atoms. The van der Waals surface area contributed by atoms with E-state index >= 15 is 0 Å². The number of hydrogen-bond acceptors (Lipinski definition) is 6. The lowest BCUT2D eigenvalue weighted by Crippen LogP contribution is -2.49. The Balaban J connectivity index is 1.85. The number of nitrogens with one attached hydrogen (secondary N) is 3. The molecule has 3 N–H and O–H groups in total. The number of anilines is 1. The lowest BCUT2D eigenvalue weighted by molar-refractivity contribution is -0.135. The van der Waals surface area contributed by atoms with Gasteiger partial charge in [0.1, 0.15) is 17.6 Å². The van der Waals surface area contributed by atoms with Gasteiger partial charge >= 0.3 is 0 Å². The van der Waals surface area contributed by atoms with Gasteiger partial charge in [-0.05, 0) is 0 Å². The molecule has 1 aromatic carbocycles. The van der Waals surface area contributed by atoms with E-state index in [1.54, 1.807) is 18.2 Å². The highest BCUT2D eigenvalue weighted by Gasteiger charge is 2.21. The van der Waals surface area contributed by atoms with E-state index in [0.29, 0.717) is 30.3 Å². The second kappa shape index (κ2) is 8.35. The monoisotopic (exact) mass is 323 g/mol. The van der Waals surface area contributed by atoms with Crippen molar-refractivity contribution < 1.29 is 23.8 Å². The van der Waals surface area contributed by atoms with Gasteiger partial charge < -0.3 is 30.2 Å².